The lowest BCUT2D eigenvalue weighted by Crippen LogP contribution is -2.16. The van der Waals surface area contributed by atoms with Crippen LogP contribution < -0.4 is 4.72 Å². The van der Waals surface area contributed by atoms with Gasteiger partial charge in [-0.3, -0.25) is 4.72 Å². The van der Waals surface area contributed by atoms with E-state index in [-0.39, 0.29) is 16.5 Å². The Labute approximate surface area is 156 Å². The van der Waals surface area contributed by atoms with Crippen molar-refractivity contribution in [1.29, 1.82) is 0 Å². The molecule has 3 rings (SSSR count). The number of thiazole rings is 1. The quantitative estimate of drug-likeness (QED) is 0.653. The molecule has 4 nitrogen and oxygen atoms in total. The summed E-state index contributed by atoms with van der Waals surface area (Å²) >= 11 is 1.51. The maximum absolute atomic E-state index is 13.4. The normalized spacial score (nSPS) is 11.7. The van der Waals surface area contributed by atoms with Crippen molar-refractivity contribution in [2.24, 2.45) is 0 Å². The lowest BCUT2D eigenvalue weighted by molar-refractivity contribution is 0.599. The molecule has 1 N–H and O–H groups in total. The van der Waals surface area contributed by atoms with Crippen molar-refractivity contribution >= 4 is 27.0 Å². The summed E-state index contributed by atoms with van der Waals surface area (Å²) < 4.78 is 41.8. The van der Waals surface area contributed by atoms with E-state index in [1.165, 1.54) is 29.5 Å². The Kier molecular flexibility index (Phi) is 5.11. The van der Waals surface area contributed by atoms with E-state index in [2.05, 4.69) is 9.71 Å². The maximum atomic E-state index is 13.4. The molecule has 26 heavy (non-hydrogen) atoms. The number of rotatable bonds is 5. The van der Waals surface area contributed by atoms with Crippen molar-refractivity contribution < 1.29 is 12.8 Å². The Morgan fingerprint density at radius 1 is 1.15 bits per heavy atom. The highest BCUT2D eigenvalue weighted by molar-refractivity contribution is 7.92. The number of sulfonamides is 1. The molecule has 0 amide bonds. The number of nitrogens with one attached hydrogen (secondary N) is 1. The molecule has 0 fully saturated rings. The third kappa shape index (κ3) is 3.94. The Bertz CT molecular complexity index is 1040. The van der Waals surface area contributed by atoms with Gasteiger partial charge >= 0.3 is 0 Å². The zero-order chi connectivity index (χ0) is 18.9. The summed E-state index contributed by atoms with van der Waals surface area (Å²) in [6.45, 7) is 5.77. The fourth-order valence-electron chi connectivity index (χ4n) is 2.66. The molecular formula is C19H19FN2O2S2. The third-order valence-electron chi connectivity index (χ3n) is 3.92. The van der Waals surface area contributed by atoms with Crippen molar-refractivity contribution in [2.75, 3.05) is 4.72 Å². The number of hydrogen-bond donors (Lipinski definition) is 1. The number of halogens is 1. The second-order valence-electron chi connectivity index (χ2n) is 6.27. The Balaban J connectivity index is 2.08. The summed E-state index contributed by atoms with van der Waals surface area (Å²) in [4.78, 5) is 4.61. The van der Waals surface area contributed by atoms with Crippen molar-refractivity contribution in [2.45, 2.75) is 31.6 Å². The SMILES string of the molecule is Cc1nc(-c2ccc(C(C)C)c(S(=O)(=O)Nc3cccc(F)c3)c2)cs1. The fourth-order valence-corrected chi connectivity index (χ4v) is 4.73. The van der Waals surface area contributed by atoms with Crippen LogP contribution in [-0.2, 0) is 10.0 Å². The van der Waals surface area contributed by atoms with E-state index < -0.39 is 15.8 Å². The molecule has 7 heteroatoms. The molecule has 0 saturated heterocycles. The van der Waals surface area contributed by atoms with Crippen LogP contribution in [0.1, 0.15) is 30.3 Å². The van der Waals surface area contributed by atoms with Gasteiger partial charge in [-0.1, -0.05) is 32.0 Å². The van der Waals surface area contributed by atoms with Crippen LogP contribution in [0.15, 0.2) is 52.7 Å². The Hall–Kier alpha value is -2.25. The van der Waals surface area contributed by atoms with Crippen LogP contribution in [0.4, 0.5) is 10.1 Å². The van der Waals surface area contributed by atoms with Crippen molar-refractivity contribution in [3.63, 3.8) is 0 Å². The predicted molar refractivity (Wildman–Crippen MR) is 104 cm³/mol. The van der Waals surface area contributed by atoms with Gasteiger partial charge in [0.15, 0.2) is 0 Å². The Morgan fingerprint density at radius 2 is 1.92 bits per heavy atom. The van der Waals surface area contributed by atoms with Crippen molar-refractivity contribution in [1.82, 2.24) is 4.98 Å². The maximum Gasteiger partial charge on any atom is 0.262 e. The fraction of sp³-hybridized carbons (Fsp3) is 0.211. The molecule has 0 aliphatic carbocycles. The largest absolute Gasteiger partial charge is 0.280 e. The minimum atomic E-state index is -3.87. The van der Waals surface area contributed by atoms with Crippen LogP contribution in [-0.4, -0.2) is 13.4 Å². The van der Waals surface area contributed by atoms with E-state index in [1.807, 2.05) is 38.3 Å². The number of benzene rings is 2. The number of anilines is 1. The van der Waals surface area contributed by atoms with Gasteiger partial charge in [0, 0.05) is 10.9 Å². The minimum Gasteiger partial charge on any atom is -0.280 e. The average molecular weight is 391 g/mol. The van der Waals surface area contributed by atoms with Crippen LogP contribution in [0.3, 0.4) is 0 Å². The molecule has 0 saturated carbocycles. The summed E-state index contributed by atoms with van der Waals surface area (Å²) in [7, 11) is -3.87. The molecular weight excluding hydrogens is 371 g/mol. The molecule has 136 valence electrons. The minimum absolute atomic E-state index is 0.0142. The number of hydrogen-bond acceptors (Lipinski definition) is 4. The molecule has 0 atom stereocenters. The molecule has 0 unspecified atom stereocenters. The van der Waals surface area contributed by atoms with Gasteiger partial charge in [0.25, 0.3) is 10.0 Å². The molecule has 0 aliphatic rings. The summed E-state index contributed by atoms with van der Waals surface area (Å²) in [5, 5.41) is 2.81. The molecule has 0 radical (unpaired) electrons. The van der Waals surface area contributed by atoms with Gasteiger partial charge in [-0.05, 0) is 42.7 Å². The van der Waals surface area contributed by atoms with E-state index in [1.54, 1.807) is 6.07 Å². The smallest absolute Gasteiger partial charge is 0.262 e. The first kappa shape index (κ1) is 18.5. The van der Waals surface area contributed by atoms with Crippen LogP contribution in [0.25, 0.3) is 11.3 Å². The second kappa shape index (κ2) is 7.17. The van der Waals surface area contributed by atoms with Gasteiger partial charge in [0.05, 0.1) is 21.3 Å². The van der Waals surface area contributed by atoms with E-state index in [0.29, 0.717) is 5.56 Å². The van der Waals surface area contributed by atoms with Gasteiger partial charge in [-0.2, -0.15) is 0 Å². The summed E-state index contributed by atoms with van der Waals surface area (Å²) in [5.74, 6) is -0.485. The predicted octanol–water partition coefficient (Wildman–Crippen LogP) is 5.18. The highest BCUT2D eigenvalue weighted by atomic mass is 32.2. The molecule has 1 aromatic heterocycles. The summed E-state index contributed by atoms with van der Waals surface area (Å²) in [5.41, 5.74) is 2.36. The zero-order valence-corrected chi connectivity index (χ0v) is 16.3. The second-order valence-corrected chi connectivity index (χ2v) is 8.99. The molecule has 2 aromatic carbocycles. The third-order valence-corrected chi connectivity index (χ3v) is 6.13. The van der Waals surface area contributed by atoms with Gasteiger partial charge in [0.1, 0.15) is 5.82 Å². The van der Waals surface area contributed by atoms with E-state index in [0.717, 1.165) is 22.3 Å². The first-order valence-corrected chi connectivity index (χ1v) is 10.5. The zero-order valence-electron chi connectivity index (χ0n) is 14.7. The topological polar surface area (TPSA) is 59.1 Å². The molecule has 3 aromatic rings. The van der Waals surface area contributed by atoms with Gasteiger partial charge < -0.3 is 0 Å². The highest BCUT2D eigenvalue weighted by Gasteiger charge is 2.22. The van der Waals surface area contributed by atoms with E-state index >= 15 is 0 Å². The first-order chi connectivity index (χ1) is 12.3. The molecule has 1 heterocycles. The van der Waals surface area contributed by atoms with Gasteiger partial charge in [0.2, 0.25) is 0 Å². The molecule has 0 aliphatic heterocycles. The highest BCUT2D eigenvalue weighted by Crippen LogP contribution is 2.31. The summed E-state index contributed by atoms with van der Waals surface area (Å²) in [6, 6.07) is 10.7. The molecule has 0 bridgehead atoms. The number of aryl methyl sites for hydroxylation is 1. The lowest BCUT2D eigenvalue weighted by atomic mass is 10.0. The Morgan fingerprint density at radius 3 is 2.54 bits per heavy atom. The lowest BCUT2D eigenvalue weighted by Gasteiger charge is -2.16. The summed E-state index contributed by atoms with van der Waals surface area (Å²) in [6.07, 6.45) is 0. The van der Waals surface area contributed by atoms with Crippen molar-refractivity contribution in [3.8, 4) is 11.3 Å². The standard InChI is InChI=1S/C19H19FN2O2S2/c1-12(2)17-8-7-14(18-11-25-13(3)21-18)9-19(17)26(23,24)22-16-6-4-5-15(20)10-16/h4-12,22H,1-3H3. The van der Waals surface area contributed by atoms with Crippen LogP contribution in [0, 0.1) is 12.7 Å². The van der Waals surface area contributed by atoms with Crippen LogP contribution >= 0.6 is 11.3 Å². The average Bonchev–Trinajstić information content (AvgIpc) is 3.00. The van der Waals surface area contributed by atoms with Crippen LogP contribution in [0.5, 0.6) is 0 Å². The van der Waals surface area contributed by atoms with E-state index in [9.17, 15) is 12.8 Å². The molecule has 0 spiro atoms. The van der Waals surface area contributed by atoms with E-state index in [4.69, 9.17) is 0 Å². The number of nitrogens with zero attached hydrogens (tertiary/aromatic N) is 1. The van der Waals surface area contributed by atoms with Gasteiger partial charge in [-0.25, -0.2) is 17.8 Å². The van der Waals surface area contributed by atoms with Crippen molar-refractivity contribution in [3.05, 3.63) is 64.2 Å². The monoisotopic (exact) mass is 390 g/mol. The number of aromatic nitrogens is 1. The van der Waals surface area contributed by atoms with Gasteiger partial charge in [-0.15, -0.1) is 11.3 Å². The van der Waals surface area contributed by atoms with Crippen LogP contribution in [0.2, 0.25) is 0 Å². The first-order valence-electron chi connectivity index (χ1n) is 8.11.